The Morgan fingerprint density at radius 1 is 1.05 bits per heavy atom. The Morgan fingerprint density at radius 3 is 2.63 bits per heavy atom. The summed E-state index contributed by atoms with van der Waals surface area (Å²) >= 11 is 1.97. The highest BCUT2D eigenvalue weighted by molar-refractivity contribution is 7.99. The number of benzene rings is 2. The van der Waals surface area contributed by atoms with Crippen LogP contribution in [0.1, 0.15) is 23.5 Å². The third-order valence-electron chi connectivity index (χ3n) is 3.73. The lowest BCUT2D eigenvalue weighted by atomic mass is 9.91. The highest BCUT2D eigenvalue weighted by Gasteiger charge is 2.24. The second-order valence-electron chi connectivity index (χ2n) is 5.23. The van der Waals surface area contributed by atoms with Crippen molar-refractivity contribution < 1.29 is 0 Å². The van der Waals surface area contributed by atoms with Gasteiger partial charge in [0.1, 0.15) is 0 Å². The molecule has 1 heterocycles. The van der Waals surface area contributed by atoms with Crippen molar-refractivity contribution in [2.75, 3.05) is 5.75 Å². The van der Waals surface area contributed by atoms with Gasteiger partial charge in [0.2, 0.25) is 0 Å². The SMILES string of the molecule is NC(Cc1ccccc1)CC1CSc2ccccc21. The molecule has 3 rings (SSSR count). The lowest BCUT2D eigenvalue weighted by Crippen LogP contribution is -2.25. The fraction of sp³-hybridized carbons (Fsp3) is 0.294. The Hall–Kier alpha value is -1.25. The zero-order chi connectivity index (χ0) is 13.1. The van der Waals surface area contributed by atoms with E-state index in [2.05, 4.69) is 54.6 Å². The summed E-state index contributed by atoms with van der Waals surface area (Å²) in [6.45, 7) is 0. The van der Waals surface area contributed by atoms with E-state index in [0.29, 0.717) is 5.92 Å². The summed E-state index contributed by atoms with van der Waals surface area (Å²) in [4.78, 5) is 1.44. The predicted molar refractivity (Wildman–Crippen MR) is 82.6 cm³/mol. The van der Waals surface area contributed by atoms with Crippen LogP contribution < -0.4 is 5.73 Å². The molecular formula is C17H19NS. The Balaban J connectivity index is 1.63. The molecule has 19 heavy (non-hydrogen) atoms. The van der Waals surface area contributed by atoms with Crippen molar-refractivity contribution >= 4 is 11.8 Å². The first-order valence-corrected chi connectivity index (χ1v) is 7.82. The van der Waals surface area contributed by atoms with E-state index in [4.69, 9.17) is 5.73 Å². The molecule has 0 bridgehead atoms. The molecule has 2 unspecified atom stereocenters. The number of hydrogen-bond acceptors (Lipinski definition) is 2. The Bertz CT molecular complexity index is 538. The summed E-state index contributed by atoms with van der Waals surface area (Å²) in [5.74, 6) is 1.81. The van der Waals surface area contributed by atoms with E-state index in [0.717, 1.165) is 12.8 Å². The van der Waals surface area contributed by atoms with Gasteiger partial charge in [0, 0.05) is 16.7 Å². The number of nitrogens with two attached hydrogens (primary N) is 1. The molecule has 0 spiro atoms. The van der Waals surface area contributed by atoms with Crippen LogP contribution in [-0.4, -0.2) is 11.8 Å². The van der Waals surface area contributed by atoms with Gasteiger partial charge in [0.15, 0.2) is 0 Å². The van der Waals surface area contributed by atoms with Gasteiger partial charge < -0.3 is 5.73 Å². The molecule has 0 amide bonds. The number of rotatable bonds is 4. The fourth-order valence-corrected chi connectivity index (χ4v) is 4.06. The van der Waals surface area contributed by atoms with Gasteiger partial charge in [-0.2, -0.15) is 0 Å². The predicted octanol–water partition coefficient (Wildman–Crippen LogP) is 3.84. The lowest BCUT2D eigenvalue weighted by Gasteiger charge is -2.17. The van der Waals surface area contributed by atoms with E-state index in [-0.39, 0.29) is 6.04 Å². The van der Waals surface area contributed by atoms with Gasteiger partial charge in [-0.1, -0.05) is 48.5 Å². The third-order valence-corrected chi connectivity index (χ3v) is 4.98. The van der Waals surface area contributed by atoms with E-state index < -0.39 is 0 Å². The topological polar surface area (TPSA) is 26.0 Å². The molecule has 98 valence electrons. The number of fused-ring (bicyclic) bond motifs is 1. The van der Waals surface area contributed by atoms with E-state index in [1.54, 1.807) is 0 Å². The molecule has 1 aliphatic heterocycles. The van der Waals surface area contributed by atoms with Crippen molar-refractivity contribution in [3.63, 3.8) is 0 Å². The summed E-state index contributed by atoms with van der Waals surface area (Å²) in [6.07, 6.45) is 2.06. The zero-order valence-corrected chi connectivity index (χ0v) is 11.8. The number of thioether (sulfide) groups is 1. The van der Waals surface area contributed by atoms with Crippen molar-refractivity contribution in [2.24, 2.45) is 5.73 Å². The second kappa shape index (κ2) is 5.81. The molecule has 2 atom stereocenters. The van der Waals surface area contributed by atoms with Crippen LogP contribution in [0.5, 0.6) is 0 Å². The maximum absolute atomic E-state index is 6.33. The van der Waals surface area contributed by atoms with Crippen molar-refractivity contribution in [3.05, 3.63) is 65.7 Å². The van der Waals surface area contributed by atoms with E-state index in [1.807, 2.05) is 11.8 Å². The molecule has 0 saturated heterocycles. The Kier molecular flexibility index (Phi) is 3.90. The average molecular weight is 269 g/mol. The second-order valence-corrected chi connectivity index (χ2v) is 6.29. The minimum Gasteiger partial charge on any atom is -0.327 e. The minimum absolute atomic E-state index is 0.249. The highest BCUT2D eigenvalue weighted by Crippen LogP contribution is 2.41. The molecule has 0 radical (unpaired) electrons. The smallest absolute Gasteiger partial charge is 0.0107 e. The molecular weight excluding hydrogens is 250 g/mol. The van der Waals surface area contributed by atoms with Crippen molar-refractivity contribution in [1.82, 2.24) is 0 Å². The normalized spacial score (nSPS) is 19.1. The van der Waals surface area contributed by atoms with Crippen LogP contribution in [0.2, 0.25) is 0 Å². The molecule has 2 aromatic rings. The molecule has 2 heteroatoms. The monoisotopic (exact) mass is 269 g/mol. The first kappa shape index (κ1) is 12.8. The summed E-state index contributed by atoms with van der Waals surface area (Å²) in [5.41, 5.74) is 9.17. The first-order valence-electron chi connectivity index (χ1n) is 6.84. The van der Waals surface area contributed by atoms with E-state index in [9.17, 15) is 0 Å². The molecule has 2 N–H and O–H groups in total. The Labute approximate surface area is 119 Å². The molecule has 0 fully saturated rings. The first-order chi connectivity index (χ1) is 9.33. The van der Waals surface area contributed by atoms with Gasteiger partial charge in [-0.3, -0.25) is 0 Å². The lowest BCUT2D eigenvalue weighted by molar-refractivity contribution is 0.554. The summed E-state index contributed by atoms with van der Waals surface area (Å²) in [5, 5.41) is 0. The summed E-state index contributed by atoms with van der Waals surface area (Å²) in [7, 11) is 0. The zero-order valence-electron chi connectivity index (χ0n) is 11.0. The quantitative estimate of drug-likeness (QED) is 0.912. The van der Waals surface area contributed by atoms with Gasteiger partial charge in [0.25, 0.3) is 0 Å². The highest BCUT2D eigenvalue weighted by atomic mass is 32.2. The van der Waals surface area contributed by atoms with Gasteiger partial charge in [-0.25, -0.2) is 0 Å². The van der Waals surface area contributed by atoms with Crippen LogP contribution >= 0.6 is 11.8 Å². The summed E-state index contributed by atoms with van der Waals surface area (Å²) in [6, 6.07) is 19.6. The molecule has 0 saturated carbocycles. The molecule has 1 nitrogen and oxygen atoms in total. The van der Waals surface area contributed by atoms with Gasteiger partial charge in [-0.05, 0) is 36.0 Å². The van der Waals surface area contributed by atoms with Gasteiger partial charge in [0.05, 0.1) is 0 Å². The minimum atomic E-state index is 0.249. The standard InChI is InChI=1S/C17H19NS/c18-15(10-13-6-2-1-3-7-13)11-14-12-19-17-9-5-4-8-16(14)17/h1-9,14-15H,10-12,18H2. The van der Waals surface area contributed by atoms with Crippen LogP contribution in [0, 0.1) is 0 Å². The average Bonchev–Trinajstić information content (AvgIpc) is 2.83. The van der Waals surface area contributed by atoms with E-state index in [1.165, 1.54) is 21.8 Å². The van der Waals surface area contributed by atoms with Crippen LogP contribution in [0.15, 0.2) is 59.5 Å². The largest absolute Gasteiger partial charge is 0.327 e. The molecule has 0 aromatic heterocycles. The molecule has 0 aliphatic carbocycles. The van der Waals surface area contributed by atoms with Gasteiger partial charge in [-0.15, -0.1) is 11.8 Å². The van der Waals surface area contributed by atoms with Crippen LogP contribution in [-0.2, 0) is 6.42 Å². The number of hydrogen-bond donors (Lipinski definition) is 1. The van der Waals surface area contributed by atoms with Crippen molar-refractivity contribution in [1.29, 1.82) is 0 Å². The van der Waals surface area contributed by atoms with Gasteiger partial charge >= 0.3 is 0 Å². The maximum Gasteiger partial charge on any atom is 0.0107 e. The molecule has 2 aromatic carbocycles. The third kappa shape index (κ3) is 3.02. The molecule has 1 aliphatic rings. The van der Waals surface area contributed by atoms with Crippen LogP contribution in [0.3, 0.4) is 0 Å². The van der Waals surface area contributed by atoms with Crippen LogP contribution in [0.4, 0.5) is 0 Å². The van der Waals surface area contributed by atoms with E-state index >= 15 is 0 Å². The van der Waals surface area contributed by atoms with Crippen molar-refractivity contribution in [2.45, 2.75) is 29.7 Å². The van der Waals surface area contributed by atoms with Crippen molar-refractivity contribution in [3.8, 4) is 0 Å². The Morgan fingerprint density at radius 2 is 1.79 bits per heavy atom. The summed E-state index contributed by atoms with van der Waals surface area (Å²) < 4.78 is 0. The fourth-order valence-electron chi connectivity index (χ4n) is 2.79. The van der Waals surface area contributed by atoms with Crippen LogP contribution in [0.25, 0.3) is 0 Å². The maximum atomic E-state index is 6.33.